The van der Waals surface area contributed by atoms with Crippen LogP contribution in [0.1, 0.15) is 19.4 Å². The van der Waals surface area contributed by atoms with Crippen LogP contribution in [0.2, 0.25) is 0 Å². The summed E-state index contributed by atoms with van der Waals surface area (Å²) in [6.45, 7) is 3.05. The molecule has 0 aliphatic carbocycles. The van der Waals surface area contributed by atoms with E-state index in [9.17, 15) is 13.9 Å². The van der Waals surface area contributed by atoms with Crippen molar-refractivity contribution in [3.8, 4) is 22.4 Å². The lowest BCUT2D eigenvalue weighted by Gasteiger charge is -2.18. The average Bonchev–Trinajstić information content (AvgIpc) is 3.18. The van der Waals surface area contributed by atoms with E-state index < -0.39 is 11.4 Å². The molecule has 1 N–H and O–H groups in total. The minimum Gasteiger partial charge on any atom is -0.386 e. The number of halogens is 2. The predicted molar refractivity (Wildman–Crippen MR) is 117 cm³/mol. The number of hydrogen-bond acceptors (Lipinski definition) is 3. The van der Waals surface area contributed by atoms with Crippen LogP contribution in [0.3, 0.4) is 0 Å². The van der Waals surface area contributed by atoms with Crippen LogP contribution in [0.5, 0.6) is 0 Å². The lowest BCUT2D eigenvalue weighted by Crippen LogP contribution is -2.18. The molecule has 0 unspecified atom stereocenters. The molecule has 0 aliphatic rings. The Labute approximate surface area is 177 Å². The van der Waals surface area contributed by atoms with Crippen molar-refractivity contribution < 1.29 is 13.9 Å². The van der Waals surface area contributed by atoms with Crippen LogP contribution < -0.4 is 0 Å². The average molecular weight is 415 g/mol. The van der Waals surface area contributed by atoms with Gasteiger partial charge in [-0.05, 0) is 55.8 Å². The molecule has 2 aromatic carbocycles. The Morgan fingerprint density at radius 2 is 1.77 bits per heavy atom. The molecular formula is C25H19F2N3O. The molecule has 0 atom stereocenters. The van der Waals surface area contributed by atoms with Gasteiger partial charge in [0.1, 0.15) is 5.82 Å². The molecule has 0 spiro atoms. The van der Waals surface area contributed by atoms with Crippen molar-refractivity contribution in [3.05, 3.63) is 90.4 Å². The summed E-state index contributed by atoms with van der Waals surface area (Å²) in [6, 6.07) is 15.6. The molecule has 6 heteroatoms. The van der Waals surface area contributed by atoms with Crippen molar-refractivity contribution in [1.29, 1.82) is 0 Å². The van der Waals surface area contributed by atoms with Crippen LogP contribution >= 0.6 is 0 Å². The minimum absolute atomic E-state index is 0.106. The fraction of sp³-hybridized carbons (Fsp3) is 0.120. The molecule has 0 saturated carbocycles. The second kappa shape index (κ2) is 6.96. The Bertz CT molecular complexity index is 1450. The lowest BCUT2D eigenvalue weighted by atomic mass is 9.97. The van der Waals surface area contributed by atoms with Gasteiger partial charge in [0.05, 0.1) is 23.0 Å². The largest absolute Gasteiger partial charge is 0.386 e. The fourth-order valence-electron chi connectivity index (χ4n) is 3.93. The first-order valence-corrected chi connectivity index (χ1v) is 9.87. The third-order valence-electron chi connectivity index (χ3n) is 5.48. The van der Waals surface area contributed by atoms with Crippen molar-refractivity contribution in [2.75, 3.05) is 0 Å². The van der Waals surface area contributed by atoms with Gasteiger partial charge in [-0.1, -0.05) is 18.2 Å². The zero-order valence-electron chi connectivity index (χ0n) is 17.0. The summed E-state index contributed by atoms with van der Waals surface area (Å²) in [5, 5.41) is 11.1. The van der Waals surface area contributed by atoms with E-state index in [2.05, 4.69) is 9.97 Å². The van der Waals surface area contributed by atoms with Crippen LogP contribution in [-0.2, 0) is 5.60 Å². The monoisotopic (exact) mass is 415 g/mol. The second-order valence-electron chi connectivity index (χ2n) is 8.01. The molecule has 5 aromatic rings. The maximum Gasteiger partial charge on any atom is 0.174 e. The Kier molecular flexibility index (Phi) is 4.34. The Hall–Kier alpha value is -3.64. The minimum atomic E-state index is -1.33. The number of aliphatic hydroxyl groups is 1. The van der Waals surface area contributed by atoms with Crippen LogP contribution in [0.15, 0.2) is 73.2 Å². The third kappa shape index (κ3) is 3.16. The Morgan fingerprint density at radius 1 is 0.935 bits per heavy atom. The number of fused-ring (bicyclic) bond motifs is 2. The van der Waals surface area contributed by atoms with E-state index >= 15 is 0 Å². The molecule has 5 rings (SSSR count). The first kappa shape index (κ1) is 19.3. The summed E-state index contributed by atoms with van der Waals surface area (Å²) in [5.41, 5.74) is 2.20. The van der Waals surface area contributed by atoms with Crippen molar-refractivity contribution in [1.82, 2.24) is 14.4 Å². The summed E-state index contributed by atoms with van der Waals surface area (Å²) in [7, 11) is 0. The topological polar surface area (TPSA) is 50.4 Å². The summed E-state index contributed by atoms with van der Waals surface area (Å²) < 4.78 is 31.4. The van der Waals surface area contributed by atoms with Gasteiger partial charge in [0.2, 0.25) is 0 Å². The van der Waals surface area contributed by atoms with Crippen molar-refractivity contribution in [2.24, 2.45) is 0 Å². The van der Waals surface area contributed by atoms with Crippen molar-refractivity contribution >= 4 is 16.6 Å². The molecule has 3 heterocycles. The SMILES string of the molecule is CC(C)(O)c1ccn2c(-c3ccc(F)c(-c4cccc5ncccc45)c3)cnc2c1F. The second-order valence-corrected chi connectivity index (χ2v) is 8.01. The quantitative estimate of drug-likeness (QED) is 0.410. The zero-order chi connectivity index (χ0) is 21.8. The van der Waals surface area contributed by atoms with Gasteiger partial charge >= 0.3 is 0 Å². The Balaban J connectivity index is 1.70. The number of hydrogen-bond donors (Lipinski definition) is 1. The molecule has 31 heavy (non-hydrogen) atoms. The van der Waals surface area contributed by atoms with Gasteiger partial charge in [0, 0.05) is 34.5 Å². The highest BCUT2D eigenvalue weighted by Gasteiger charge is 2.24. The van der Waals surface area contributed by atoms with Gasteiger partial charge < -0.3 is 5.11 Å². The molecule has 154 valence electrons. The highest BCUT2D eigenvalue weighted by molar-refractivity contribution is 5.95. The Morgan fingerprint density at radius 3 is 2.58 bits per heavy atom. The van der Waals surface area contributed by atoms with Crippen LogP contribution in [0, 0.1) is 11.6 Å². The van der Waals surface area contributed by atoms with Crippen LogP contribution in [-0.4, -0.2) is 19.5 Å². The predicted octanol–water partition coefficient (Wildman–Crippen LogP) is 5.72. The molecular weight excluding hydrogens is 396 g/mol. The zero-order valence-corrected chi connectivity index (χ0v) is 17.0. The van der Waals surface area contributed by atoms with Gasteiger partial charge in [0.25, 0.3) is 0 Å². The van der Waals surface area contributed by atoms with Gasteiger partial charge in [-0.3, -0.25) is 9.38 Å². The molecule has 3 aromatic heterocycles. The van der Waals surface area contributed by atoms with Gasteiger partial charge in [0.15, 0.2) is 11.5 Å². The summed E-state index contributed by atoms with van der Waals surface area (Å²) >= 11 is 0. The molecule has 0 saturated heterocycles. The van der Waals surface area contributed by atoms with Gasteiger partial charge in [-0.25, -0.2) is 13.8 Å². The van der Waals surface area contributed by atoms with Crippen molar-refractivity contribution in [2.45, 2.75) is 19.4 Å². The first-order valence-electron chi connectivity index (χ1n) is 9.87. The van der Waals surface area contributed by atoms with E-state index in [0.29, 0.717) is 16.8 Å². The molecule has 0 aliphatic heterocycles. The lowest BCUT2D eigenvalue weighted by molar-refractivity contribution is 0.0746. The van der Waals surface area contributed by atoms with E-state index in [1.807, 2.05) is 30.3 Å². The normalized spacial score (nSPS) is 12.0. The molecule has 0 bridgehead atoms. The number of benzene rings is 2. The van der Waals surface area contributed by atoms with Crippen LogP contribution in [0.4, 0.5) is 8.78 Å². The summed E-state index contributed by atoms with van der Waals surface area (Å²) in [5.74, 6) is -0.937. The number of aromatic nitrogens is 3. The fourth-order valence-corrected chi connectivity index (χ4v) is 3.93. The van der Waals surface area contributed by atoms with Crippen molar-refractivity contribution in [3.63, 3.8) is 0 Å². The molecule has 0 fully saturated rings. The van der Waals surface area contributed by atoms with Gasteiger partial charge in [-0.2, -0.15) is 0 Å². The third-order valence-corrected chi connectivity index (χ3v) is 5.48. The van der Waals surface area contributed by atoms with Gasteiger partial charge in [-0.15, -0.1) is 0 Å². The van der Waals surface area contributed by atoms with E-state index in [4.69, 9.17) is 0 Å². The number of rotatable bonds is 3. The van der Waals surface area contributed by atoms with E-state index in [1.165, 1.54) is 26.0 Å². The highest BCUT2D eigenvalue weighted by Crippen LogP contribution is 2.34. The molecule has 0 amide bonds. The number of nitrogens with zero attached hydrogens (tertiary/aromatic N) is 3. The summed E-state index contributed by atoms with van der Waals surface area (Å²) in [6.07, 6.45) is 4.92. The maximum atomic E-state index is 15.0. The smallest absolute Gasteiger partial charge is 0.174 e. The van der Waals surface area contributed by atoms with E-state index in [1.54, 1.807) is 35.1 Å². The van der Waals surface area contributed by atoms with E-state index in [-0.39, 0.29) is 17.0 Å². The van der Waals surface area contributed by atoms with E-state index in [0.717, 1.165) is 16.5 Å². The standard InChI is InChI=1S/C25H19F2N3O/c1-25(2,31)19-10-12-30-22(14-29-24(30)23(19)27)15-8-9-20(26)18(13-15)16-5-3-7-21-17(16)6-4-11-28-21/h3-14,31H,1-2H3. The summed E-state index contributed by atoms with van der Waals surface area (Å²) in [4.78, 5) is 8.57. The molecule has 0 radical (unpaired) electrons. The number of pyridine rings is 2. The maximum absolute atomic E-state index is 15.0. The molecule has 4 nitrogen and oxygen atoms in total. The van der Waals surface area contributed by atoms with Crippen LogP contribution in [0.25, 0.3) is 38.9 Å². The number of imidazole rings is 1. The first-order chi connectivity index (χ1) is 14.8. The highest BCUT2D eigenvalue weighted by atomic mass is 19.1.